The second kappa shape index (κ2) is 4.75. The monoisotopic (exact) mass is 321 g/mol. The highest BCUT2D eigenvalue weighted by Gasteiger charge is 2.34. The number of halogens is 3. The van der Waals surface area contributed by atoms with Gasteiger partial charge in [0.15, 0.2) is 0 Å². The standard InChI is InChI=1S/C10H10BrF2N3O2/c11-8-5-7(16(17)18)6-9(14-8)15-3-1-10(12,13)2-4-15/h5-6H,1-4H2. The number of hydrogen-bond acceptors (Lipinski definition) is 4. The van der Waals surface area contributed by atoms with Gasteiger partial charge in [0.25, 0.3) is 11.6 Å². The molecule has 0 spiro atoms. The molecule has 2 heterocycles. The van der Waals surface area contributed by atoms with Gasteiger partial charge in [0.1, 0.15) is 10.4 Å². The van der Waals surface area contributed by atoms with Crippen molar-refractivity contribution in [2.75, 3.05) is 18.0 Å². The maximum Gasteiger partial charge on any atom is 0.275 e. The number of nitrogens with zero attached hydrogens (tertiary/aromatic N) is 3. The van der Waals surface area contributed by atoms with Crippen LogP contribution < -0.4 is 4.90 Å². The molecule has 8 heteroatoms. The predicted octanol–water partition coefficient (Wildman–Crippen LogP) is 2.99. The Labute approximate surface area is 110 Å². The minimum Gasteiger partial charge on any atom is -0.356 e. The van der Waals surface area contributed by atoms with Crippen molar-refractivity contribution in [3.8, 4) is 0 Å². The van der Waals surface area contributed by atoms with Crippen molar-refractivity contribution in [2.24, 2.45) is 0 Å². The van der Waals surface area contributed by atoms with E-state index in [-0.39, 0.29) is 31.6 Å². The number of hydrogen-bond donors (Lipinski definition) is 0. The molecule has 1 aliphatic heterocycles. The minimum atomic E-state index is -2.64. The largest absolute Gasteiger partial charge is 0.356 e. The molecule has 1 saturated heterocycles. The first-order valence-electron chi connectivity index (χ1n) is 5.32. The smallest absolute Gasteiger partial charge is 0.275 e. The van der Waals surface area contributed by atoms with E-state index < -0.39 is 10.8 Å². The molecule has 1 fully saturated rings. The van der Waals surface area contributed by atoms with Gasteiger partial charge in [-0.05, 0) is 15.9 Å². The molecular weight excluding hydrogens is 312 g/mol. The van der Waals surface area contributed by atoms with E-state index in [1.807, 2.05) is 0 Å². The molecular formula is C10H10BrF2N3O2. The van der Waals surface area contributed by atoms with Crippen molar-refractivity contribution in [1.82, 2.24) is 4.98 Å². The van der Waals surface area contributed by atoms with E-state index in [2.05, 4.69) is 20.9 Å². The van der Waals surface area contributed by atoms with E-state index in [4.69, 9.17) is 0 Å². The summed E-state index contributed by atoms with van der Waals surface area (Å²) in [6.07, 6.45) is -0.510. The molecule has 0 aromatic carbocycles. The Morgan fingerprint density at radius 3 is 2.56 bits per heavy atom. The molecule has 1 aromatic heterocycles. The summed E-state index contributed by atoms with van der Waals surface area (Å²) >= 11 is 3.08. The maximum absolute atomic E-state index is 13.0. The average molecular weight is 322 g/mol. The number of anilines is 1. The van der Waals surface area contributed by atoms with Gasteiger partial charge >= 0.3 is 0 Å². The van der Waals surface area contributed by atoms with E-state index in [1.165, 1.54) is 12.1 Å². The summed E-state index contributed by atoms with van der Waals surface area (Å²) in [5.41, 5.74) is -0.107. The van der Waals surface area contributed by atoms with Gasteiger partial charge in [-0.15, -0.1) is 0 Å². The Hall–Kier alpha value is -1.31. The van der Waals surface area contributed by atoms with Gasteiger partial charge in [-0.25, -0.2) is 13.8 Å². The summed E-state index contributed by atoms with van der Waals surface area (Å²) < 4.78 is 26.4. The lowest BCUT2D eigenvalue weighted by atomic mass is 10.1. The van der Waals surface area contributed by atoms with Gasteiger partial charge in [-0.2, -0.15) is 0 Å². The maximum atomic E-state index is 13.0. The molecule has 0 unspecified atom stereocenters. The SMILES string of the molecule is O=[N+]([O-])c1cc(Br)nc(N2CCC(F)(F)CC2)c1. The Bertz CT molecular complexity index is 474. The van der Waals surface area contributed by atoms with Crippen molar-refractivity contribution in [3.63, 3.8) is 0 Å². The molecule has 0 atom stereocenters. The van der Waals surface area contributed by atoms with Crippen molar-refractivity contribution in [3.05, 3.63) is 26.9 Å². The van der Waals surface area contributed by atoms with Crippen LogP contribution in [0.5, 0.6) is 0 Å². The number of rotatable bonds is 2. The predicted molar refractivity (Wildman–Crippen MR) is 65.0 cm³/mol. The molecule has 0 bridgehead atoms. The summed E-state index contributed by atoms with van der Waals surface area (Å²) in [7, 11) is 0. The van der Waals surface area contributed by atoms with E-state index in [1.54, 1.807) is 4.90 Å². The highest BCUT2D eigenvalue weighted by Crippen LogP contribution is 2.31. The highest BCUT2D eigenvalue weighted by atomic mass is 79.9. The zero-order valence-corrected chi connectivity index (χ0v) is 10.9. The molecule has 0 aliphatic carbocycles. The Kier molecular flexibility index (Phi) is 3.47. The van der Waals surface area contributed by atoms with Gasteiger partial charge < -0.3 is 4.90 Å². The number of pyridine rings is 1. The summed E-state index contributed by atoms with van der Waals surface area (Å²) in [4.78, 5) is 15.9. The van der Waals surface area contributed by atoms with Crippen LogP contribution in [-0.4, -0.2) is 28.9 Å². The van der Waals surface area contributed by atoms with E-state index in [0.29, 0.717) is 10.4 Å². The van der Waals surface area contributed by atoms with Crippen molar-refractivity contribution in [1.29, 1.82) is 0 Å². The van der Waals surface area contributed by atoms with Crippen LogP contribution in [0.1, 0.15) is 12.8 Å². The Morgan fingerprint density at radius 2 is 2.00 bits per heavy atom. The average Bonchev–Trinajstić information content (AvgIpc) is 2.28. The van der Waals surface area contributed by atoms with Crippen LogP contribution in [0, 0.1) is 10.1 Å². The van der Waals surface area contributed by atoms with Crippen LogP contribution in [0.4, 0.5) is 20.3 Å². The number of nitro groups is 1. The van der Waals surface area contributed by atoms with Crippen molar-refractivity contribution >= 4 is 27.4 Å². The van der Waals surface area contributed by atoms with Crippen molar-refractivity contribution in [2.45, 2.75) is 18.8 Å². The molecule has 5 nitrogen and oxygen atoms in total. The number of piperidine rings is 1. The summed E-state index contributed by atoms with van der Waals surface area (Å²) in [6, 6.07) is 2.58. The molecule has 1 aliphatic rings. The molecule has 0 amide bonds. The normalized spacial score (nSPS) is 18.7. The topological polar surface area (TPSA) is 59.3 Å². The van der Waals surface area contributed by atoms with Gasteiger partial charge in [0.2, 0.25) is 0 Å². The van der Waals surface area contributed by atoms with Crippen LogP contribution in [-0.2, 0) is 0 Å². The summed E-state index contributed by atoms with van der Waals surface area (Å²) in [5.74, 6) is -2.29. The first-order chi connectivity index (χ1) is 8.37. The fraction of sp³-hybridized carbons (Fsp3) is 0.500. The zero-order valence-electron chi connectivity index (χ0n) is 9.28. The van der Waals surface area contributed by atoms with Crippen LogP contribution in [0.3, 0.4) is 0 Å². The van der Waals surface area contributed by atoms with Gasteiger partial charge in [0, 0.05) is 32.0 Å². The number of alkyl halides is 2. The third-order valence-electron chi connectivity index (χ3n) is 2.80. The highest BCUT2D eigenvalue weighted by molar-refractivity contribution is 9.10. The van der Waals surface area contributed by atoms with E-state index >= 15 is 0 Å². The minimum absolute atomic E-state index is 0.107. The fourth-order valence-corrected chi connectivity index (χ4v) is 2.22. The van der Waals surface area contributed by atoms with Crippen LogP contribution in [0.2, 0.25) is 0 Å². The van der Waals surface area contributed by atoms with Crippen LogP contribution in [0.15, 0.2) is 16.7 Å². The molecule has 2 rings (SSSR count). The summed E-state index contributed by atoms with van der Waals surface area (Å²) in [6.45, 7) is 0.293. The van der Waals surface area contributed by atoms with Crippen LogP contribution >= 0.6 is 15.9 Å². The lowest BCUT2D eigenvalue weighted by molar-refractivity contribution is -0.384. The molecule has 0 radical (unpaired) electrons. The second-order valence-corrected chi connectivity index (χ2v) is 4.92. The third-order valence-corrected chi connectivity index (χ3v) is 3.20. The van der Waals surface area contributed by atoms with Gasteiger partial charge in [0.05, 0.1) is 11.0 Å². The fourth-order valence-electron chi connectivity index (χ4n) is 1.80. The molecule has 0 saturated carbocycles. The van der Waals surface area contributed by atoms with E-state index in [0.717, 1.165) is 0 Å². The second-order valence-electron chi connectivity index (χ2n) is 4.11. The van der Waals surface area contributed by atoms with Crippen molar-refractivity contribution < 1.29 is 13.7 Å². The molecule has 18 heavy (non-hydrogen) atoms. The third kappa shape index (κ3) is 2.92. The van der Waals surface area contributed by atoms with Gasteiger partial charge in [-0.1, -0.05) is 0 Å². The Balaban J connectivity index is 2.21. The van der Waals surface area contributed by atoms with Crippen LogP contribution in [0.25, 0.3) is 0 Å². The molecule has 98 valence electrons. The lowest BCUT2D eigenvalue weighted by Gasteiger charge is -2.32. The lowest BCUT2D eigenvalue weighted by Crippen LogP contribution is -2.39. The van der Waals surface area contributed by atoms with E-state index in [9.17, 15) is 18.9 Å². The molecule has 0 N–H and O–H groups in total. The first kappa shape index (κ1) is 13.1. The van der Waals surface area contributed by atoms with Gasteiger partial charge in [-0.3, -0.25) is 10.1 Å². The molecule has 1 aromatic rings. The quantitative estimate of drug-likeness (QED) is 0.477. The number of aromatic nitrogens is 1. The summed E-state index contributed by atoms with van der Waals surface area (Å²) in [5, 5.41) is 10.7. The zero-order chi connectivity index (χ0) is 13.3. The Morgan fingerprint density at radius 1 is 1.39 bits per heavy atom. The first-order valence-corrected chi connectivity index (χ1v) is 6.11.